The summed E-state index contributed by atoms with van der Waals surface area (Å²) in [5, 5.41) is 3.89. The number of sulfonamides is 1. The topological polar surface area (TPSA) is 84.9 Å². The van der Waals surface area contributed by atoms with Crippen molar-refractivity contribution in [3.05, 3.63) is 86.9 Å². The third-order valence-corrected chi connectivity index (χ3v) is 7.96. The van der Waals surface area contributed by atoms with Gasteiger partial charge in [0.15, 0.2) is 11.5 Å². The number of carbonyl (C=O) groups excluding carboxylic acids is 1. The summed E-state index contributed by atoms with van der Waals surface area (Å²) in [5.41, 5.74) is 1.43. The number of methoxy groups -OCH3 is 2. The van der Waals surface area contributed by atoms with E-state index in [4.69, 9.17) is 44.3 Å². The monoisotopic (exact) mass is 570 g/mol. The number of hydrogen-bond donors (Lipinski definition) is 1. The summed E-state index contributed by atoms with van der Waals surface area (Å²) in [7, 11) is -0.938. The summed E-state index contributed by atoms with van der Waals surface area (Å²) in [6.07, 6.45) is 0.513. The van der Waals surface area contributed by atoms with Gasteiger partial charge in [-0.1, -0.05) is 46.9 Å². The van der Waals surface area contributed by atoms with Crippen molar-refractivity contribution in [1.29, 1.82) is 0 Å². The molecule has 1 N–H and O–H groups in total. The summed E-state index contributed by atoms with van der Waals surface area (Å²) in [4.78, 5) is 12.8. The Labute approximate surface area is 225 Å². The summed E-state index contributed by atoms with van der Waals surface area (Å²) in [6, 6.07) is 16.0. The minimum atomic E-state index is -4.04. The Morgan fingerprint density at radius 2 is 1.56 bits per heavy atom. The largest absolute Gasteiger partial charge is 0.493 e. The molecule has 0 aliphatic heterocycles. The first-order valence-corrected chi connectivity index (χ1v) is 13.4. The molecule has 0 spiro atoms. The van der Waals surface area contributed by atoms with Gasteiger partial charge >= 0.3 is 0 Å². The van der Waals surface area contributed by atoms with Gasteiger partial charge in [0.25, 0.3) is 0 Å². The zero-order valence-corrected chi connectivity index (χ0v) is 22.7. The molecule has 7 nitrogen and oxygen atoms in total. The van der Waals surface area contributed by atoms with Crippen LogP contribution in [0.5, 0.6) is 11.5 Å². The van der Waals surface area contributed by atoms with Crippen LogP contribution in [0, 0.1) is 0 Å². The average Bonchev–Trinajstić information content (AvgIpc) is 2.85. The molecule has 0 aliphatic rings. The van der Waals surface area contributed by atoms with Gasteiger partial charge in [0, 0.05) is 28.2 Å². The Morgan fingerprint density at radius 1 is 0.889 bits per heavy atom. The molecule has 0 aliphatic carbocycles. The van der Waals surface area contributed by atoms with Crippen LogP contribution in [0.1, 0.15) is 11.1 Å². The van der Waals surface area contributed by atoms with E-state index in [2.05, 4.69) is 5.32 Å². The summed E-state index contributed by atoms with van der Waals surface area (Å²) >= 11 is 18.2. The molecule has 1 amide bonds. The summed E-state index contributed by atoms with van der Waals surface area (Å²) in [6.45, 7) is -0.231. The van der Waals surface area contributed by atoms with E-state index in [1.807, 2.05) is 12.1 Å². The second kappa shape index (κ2) is 12.7. The van der Waals surface area contributed by atoms with Crippen LogP contribution in [0.4, 0.5) is 0 Å². The highest BCUT2D eigenvalue weighted by atomic mass is 35.5. The number of carbonyl (C=O) groups is 1. The van der Waals surface area contributed by atoms with Gasteiger partial charge in [-0.3, -0.25) is 4.79 Å². The lowest BCUT2D eigenvalue weighted by atomic mass is 10.1. The molecule has 0 heterocycles. The predicted octanol–water partition coefficient (Wildman–Crippen LogP) is 5.21. The highest BCUT2D eigenvalue weighted by molar-refractivity contribution is 7.89. The molecule has 3 rings (SSSR count). The number of benzene rings is 3. The van der Waals surface area contributed by atoms with E-state index in [1.165, 1.54) is 30.3 Å². The number of halogens is 3. The van der Waals surface area contributed by atoms with E-state index >= 15 is 0 Å². The fourth-order valence-electron chi connectivity index (χ4n) is 3.42. The summed E-state index contributed by atoms with van der Waals surface area (Å²) in [5.74, 6) is 0.730. The molecule has 0 atom stereocenters. The van der Waals surface area contributed by atoms with Crippen LogP contribution in [0.15, 0.2) is 65.6 Å². The van der Waals surface area contributed by atoms with Gasteiger partial charge < -0.3 is 14.8 Å². The van der Waals surface area contributed by atoms with Gasteiger partial charge in [-0.25, -0.2) is 8.42 Å². The van der Waals surface area contributed by atoms with Gasteiger partial charge in [-0.05, 0) is 66.1 Å². The third kappa shape index (κ3) is 7.27. The number of hydrogen-bond acceptors (Lipinski definition) is 5. The third-order valence-electron chi connectivity index (χ3n) is 5.32. The lowest BCUT2D eigenvalue weighted by Gasteiger charge is -2.22. The van der Waals surface area contributed by atoms with Crippen molar-refractivity contribution < 1.29 is 22.7 Å². The van der Waals surface area contributed by atoms with Gasteiger partial charge in [-0.15, -0.1) is 0 Å². The fourth-order valence-corrected chi connectivity index (χ4v) is 5.39. The van der Waals surface area contributed by atoms with Crippen molar-refractivity contribution in [1.82, 2.24) is 9.62 Å². The highest BCUT2D eigenvalue weighted by Gasteiger charge is 2.27. The molecule has 0 aromatic heterocycles. The Hall–Kier alpha value is -2.49. The van der Waals surface area contributed by atoms with E-state index in [1.54, 1.807) is 32.4 Å². The van der Waals surface area contributed by atoms with Crippen molar-refractivity contribution in [2.45, 2.75) is 17.9 Å². The molecule has 0 radical (unpaired) electrons. The minimum Gasteiger partial charge on any atom is -0.493 e. The standard InChI is InChI=1S/C25H25Cl3N2O5S/c1-34-23-10-3-17(13-24(23)35-2)11-12-29-25(31)16-30(15-18-4-5-20(27)14-22(18)28)36(32,33)21-8-6-19(26)7-9-21/h3-10,13-14H,11-12,15-16H2,1-2H3,(H,29,31). The van der Waals surface area contributed by atoms with Crippen LogP contribution >= 0.6 is 34.8 Å². The first-order valence-electron chi connectivity index (χ1n) is 10.8. The predicted molar refractivity (Wildman–Crippen MR) is 142 cm³/mol. The van der Waals surface area contributed by atoms with Crippen LogP contribution in [0.25, 0.3) is 0 Å². The Balaban J connectivity index is 1.74. The molecule has 0 saturated heterocycles. The van der Waals surface area contributed by atoms with Crippen LogP contribution in [-0.4, -0.2) is 45.9 Å². The van der Waals surface area contributed by atoms with E-state index in [0.717, 1.165) is 9.87 Å². The van der Waals surface area contributed by atoms with Gasteiger partial charge in [0.1, 0.15) is 0 Å². The second-order valence-electron chi connectivity index (χ2n) is 7.75. The molecule has 36 heavy (non-hydrogen) atoms. The van der Waals surface area contributed by atoms with Gasteiger partial charge in [0.05, 0.1) is 25.7 Å². The Bertz CT molecular complexity index is 1320. The number of rotatable bonds is 11. The molecule has 192 valence electrons. The zero-order chi connectivity index (χ0) is 26.3. The van der Waals surface area contributed by atoms with Crippen molar-refractivity contribution in [2.24, 2.45) is 0 Å². The molecule has 0 fully saturated rings. The van der Waals surface area contributed by atoms with Gasteiger partial charge in [-0.2, -0.15) is 4.31 Å². The lowest BCUT2D eigenvalue weighted by Crippen LogP contribution is -2.40. The van der Waals surface area contributed by atoms with E-state index in [-0.39, 0.29) is 11.4 Å². The Kier molecular flexibility index (Phi) is 9.87. The van der Waals surface area contributed by atoms with Crippen LogP contribution in [0.2, 0.25) is 15.1 Å². The number of amides is 1. The number of nitrogens with one attached hydrogen (secondary N) is 1. The molecule has 11 heteroatoms. The van der Waals surface area contributed by atoms with Gasteiger partial charge in [0.2, 0.25) is 15.9 Å². The maximum absolute atomic E-state index is 13.4. The molecule has 0 saturated carbocycles. The molecule has 3 aromatic rings. The molecule has 3 aromatic carbocycles. The van der Waals surface area contributed by atoms with Crippen molar-refractivity contribution in [3.63, 3.8) is 0 Å². The maximum atomic E-state index is 13.4. The van der Waals surface area contributed by atoms with Crippen LogP contribution in [0.3, 0.4) is 0 Å². The number of ether oxygens (including phenoxy) is 2. The fraction of sp³-hybridized carbons (Fsp3) is 0.240. The normalized spacial score (nSPS) is 11.4. The zero-order valence-electron chi connectivity index (χ0n) is 19.6. The smallest absolute Gasteiger partial charge is 0.243 e. The quantitative estimate of drug-likeness (QED) is 0.341. The van der Waals surface area contributed by atoms with Crippen LogP contribution < -0.4 is 14.8 Å². The molecular weight excluding hydrogens is 547 g/mol. The second-order valence-corrected chi connectivity index (χ2v) is 11.0. The van der Waals surface area contributed by atoms with E-state index in [9.17, 15) is 13.2 Å². The maximum Gasteiger partial charge on any atom is 0.243 e. The van der Waals surface area contributed by atoms with E-state index in [0.29, 0.717) is 45.1 Å². The van der Waals surface area contributed by atoms with Crippen LogP contribution in [-0.2, 0) is 27.8 Å². The van der Waals surface area contributed by atoms with Crippen molar-refractivity contribution in [2.75, 3.05) is 27.3 Å². The summed E-state index contributed by atoms with van der Waals surface area (Å²) < 4.78 is 38.4. The first-order chi connectivity index (χ1) is 17.1. The first kappa shape index (κ1) is 28.1. The number of nitrogens with zero attached hydrogens (tertiary/aromatic N) is 1. The molecular formula is C25H25Cl3N2O5S. The Morgan fingerprint density at radius 3 is 2.19 bits per heavy atom. The van der Waals surface area contributed by atoms with Crippen molar-refractivity contribution >= 4 is 50.7 Å². The van der Waals surface area contributed by atoms with E-state index < -0.39 is 22.5 Å². The highest BCUT2D eigenvalue weighted by Crippen LogP contribution is 2.28. The minimum absolute atomic E-state index is 0.00936. The SMILES string of the molecule is COc1ccc(CCNC(=O)CN(Cc2ccc(Cl)cc2Cl)S(=O)(=O)c2ccc(Cl)cc2)cc1OC. The van der Waals surface area contributed by atoms with Crippen molar-refractivity contribution in [3.8, 4) is 11.5 Å². The molecule has 0 bridgehead atoms. The molecule has 0 unspecified atom stereocenters. The average molecular weight is 572 g/mol. The lowest BCUT2D eigenvalue weighted by molar-refractivity contribution is -0.121.